The highest BCUT2D eigenvalue weighted by atomic mass is 32.2. The first-order valence-electron chi connectivity index (χ1n) is 9.86. The predicted octanol–water partition coefficient (Wildman–Crippen LogP) is 3.00. The van der Waals surface area contributed by atoms with E-state index in [1.165, 1.54) is 21.0 Å². The van der Waals surface area contributed by atoms with Gasteiger partial charge in [-0.25, -0.2) is 4.72 Å². The highest BCUT2D eigenvalue weighted by molar-refractivity contribution is 7.87. The number of nitrogens with one attached hydrogen (secondary N) is 1. The third-order valence-corrected chi connectivity index (χ3v) is 7.16. The Balaban J connectivity index is 1.77. The number of hydrogen-bond donors (Lipinski definition) is 1. The molecule has 28 heavy (non-hydrogen) atoms. The lowest BCUT2D eigenvalue weighted by Gasteiger charge is -2.39. The minimum atomic E-state index is -3.42. The van der Waals surface area contributed by atoms with Gasteiger partial charge in [0.05, 0.1) is 0 Å². The first-order chi connectivity index (χ1) is 13.4. The molecule has 1 aliphatic rings. The fourth-order valence-electron chi connectivity index (χ4n) is 4.05. The number of likely N-dealkylation sites (tertiary alicyclic amines) is 1. The van der Waals surface area contributed by atoms with Crippen molar-refractivity contribution in [2.24, 2.45) is 5.92 Å². The molecule has 152 valence electrons. The summed E-state index contributed by atoms with van der Waals surface area (Å²) in [5.41, 5.74) is 3.92. The first-order valence-corrected chi connectivity index (χ1v) is 11.3. The van der Waals surface area contributed by atoms with E-state index in [9.17, 15) is 8.42 Å². The number of nitrogens with zero attached hydrogens (tertiary/aromatic N) is 2. The molecule has 0 amide bonds. The second-order valence-electron chi connectivity index (χ2n) is 7.87. The lowest BCUT2D eigenvalue weighted by molar-refractivity contribution is 0.147. The summed E-state index contributed by atoms with van der Waals surface area (Å²) in [6.45, 7) is 5.39. The molecule has 1 fully saturated rings. The van der Waals surface area contributed by atoms with Gasteiger partial charge in [0.2, 0.25) is 0 Å². The monoisotopic (exact) mass is 401 g/mol. The summed E-state index contributed by atoms with van der Waals surface area (Å²) in [4.78, 5) is 2.44. The van der Waals surface area contributed by atoms with Crippen molar-refractivity contribution in [2.75, 3.05) is 33.7 Å². The van der Waals surface area contributed by atoms with Gasteiger partial charge in [0, 0.05) is 33.7 Å². The molecular weight excluding hydrogens is 370 g/mol. The van der Waals surface area contributed by atoms with E-state index < -0.39 is 10.2 Å². The second kappa shape index (κ2) is 9.18. The molecule has 2 aromatic rings. The zero-order valence-corrected chi connectivity index (χ0v) is 17.8. The largest absolute Gasteiger partial charge is 0.299 e. The van der Waals surface area contributed by atoms with Crippen molar-refractivity contribution in [3.05, 3.63) is 71.3 Å². The minimum Gasteiger partial charge on any atom is -0.299 e. The van der Waals surface area contributed by atoms with Crippen LogP contribution in [0.1, 0.15) is 29.0 Å². The van der Waals surface area contributed by atoms with Crippen LogP contribution < -0.4 is 4.72 Å². The van der Waals surface area contributed by atoms with Crippen LogP contribution in [0.3, 0.4) is 0 Å². The van der Waals surface area contributed by atoms with E-state index >= 15 is 0 Å². The lowest BCUT2D eigenvalue weighted by Crippen LogP contribution is -2.46. The van der Waals surface area contributed by atoms with Crippen LogP contribution in [-0.2, 0) is 16.8 Å². The molecule has 0 spiro atoms. The van der Waals surface area contributed by atoms with E-state index in [4.69, 9.17) is 0 Å². The maximum atomic E-state index is 12.3. The van der Waals surface area contributed by atoms with E-state index in [1.807, 2.05) is 6.07 Å². The quantitative estimate of drug-likeness (QED) is 0.776. The zero-order valence-electron chi connectivity index (χ0n) is 17.0. The topological polar surface area (TPSA) is 52.7 Å². The normalized spacial score (nSPS) is 21.1. The number of rotatable bonds is 7. The van der Waals surface area contributed by atoms with Gasteiger partial charge in [-0.05, 0) is 48.4 Å². The Kier molecular flexibility index (Phi) is 6.88. The summed E-state index contributed by atoms with van der Waals surface area (Å²) in [7, 11) is -0.306. The Bertz CT molecular complexity index is 868. The molecule has 2 aromatic carbocycles. The van der Waals surface area contributed by atoms with Gasteiger partial charge >= 0.3 is 0 Å². The SMILES string of the molecule is Cc1ccccc1[C@H]1CCN(Cc2ccccc2)C[C@@H]1CNS(=O)(=O)N(C)C. The highest BCUT2D eigenvalue weighted by Crippen LogP contribution is 2.35. The molecule has 1 saturated heterocycles. The average Bonchev–Trinajstić information content (AvgIpc) is 2.68. The van der Waals surface area contributed by atoms with Crippen LogP contribution in [0.25, 0.3) is 0 Å². The lowest BCUT2D eigenvalue weighted by atomic mass is 9.79. The molecule has 3 rings (SSSR count). The van der Waals surface area contributed by atoms with Gasteiger partial charge in [0.25, 0.3) is 10.2 Å². The number of aryl methyl sites for hydroxylation is 1. The molecule has 5 nitrogen and oxygen atoms in total. The molecule has 0 radical (unpaired) electrons. The maximum Gasteiger partial charge on any atom is 0.278 e. The third kappa shape index (κ3) is 5.20. The summed E-state index contributed by atoms with van der Waals surface area (Å²) < 4.78 is 28.6. The standard InChI is InChI=1S/C22H31N3O2S/c1-18-9-7-8-12-21(18)22-13-14-25(16-19-10-5-4-6-11-19)17-20(22)15-23-28(26,27)24(2)3/h4-12,20,22-23H,13-17H2,1-3H3/t20-,22-/m0/s1. The van der Waals surface area contributed by atoms with Crippen LogP contribution in [0.5, 0.6) is 0 Å². The summed E-state index contributed by atoms with van der Waals surface area (Å²) in [6, 6.07) is 19.0. The van der Waals surface area contributed by atoms with Gasteiger partial charge < -0.3 is 0 Å². The van der Waals surface area contributed by atoms with Crippen molar-refractivity contribution >= 4 is 10.2 Å². The van der Waals surface area contributed by atoms with Crippen molar-refractivity contribution < 1.29 is 8.42 Å². The predicted molar refractivity (Wildman–Crippen MR) is 114 cm³/mol. The first kappa shape index (κ1) is 21.0. The fourth-order valence-corrected chi connectivity index (χ4v) is 4.74. The van der Waals surface area contributed by atoms with E-state index in [0.29, 0.717) is 12.5 Å². The number of benzene rings is 2. The van der Waals surface area contributed by atoms with Crippen molar-refractivity contribution in [1.29, 1.82) is 0 Å². The van der Waals surface area contributed by atoms with Crippen molar-refractivity contribution in [2.45, 2.75) is 25.8 Å². The van der Waals surface area contributed by atoms with Crippen molar-refractivity contribution in [1.82, 2.24) is 13.9 Å². The Morgan fingerprint density at radius 2 is 1.75 bits per heavy atom. The number of piperidine rings is 1. The Morgan fingerprint density at radius 3 is 2.43 bits per heavy atom. The minimum absolute atomic E-state index is 0.230. The zero-order chi connectivity index (χ0) is 20.1. The van der Waals surface area contributed by atoms with Crippen LogP contribution in [0.15, 0.2) is 54.6 Å². The van der Waals surface area contributed by atoms with Crippen molar-refractivity contribution in [3.63, 3.8) is 0 Å². The summed E-state index contributed by atoms with van der Waals surface area (Å²) in [5.74, 6) is 0.589. The molecule has 0 bridgehead atoms. The van der Waals surface area contributed by atoms with E-state index in [1.54, 1.807) is 14.1 Å². The molecule has 2 atom stereocenters. The Hall–Kier alpha value is -1.73. The molecule has 0 aliphatic carbocycles. The van der Waals surface area contributed by atoms with Gasteiger partial charge in [0.15, 0.2) is 0 Å². The van der Waals surface area contributed by atoms with Crippen LogP contribution in [0.2, 0.25) is 0 Å². The van der Waals surface area contributed by atoms with Gasteiger partial charge in [-0.1, -0.05) is 54.6 Å². The van der Waals surface area contributed by atoms with E-state index in [-0.39, 0.29) is 5.92 Å². The van der Waals surface area contributed by atoms with E-state index in [0.717, 1.165) is 26.1 Å². The number of hydrogen-bond acceptors (Lipinski definition) is 3. The molecular formula is C22H31N3O2S. The fraction of sp³-hybridized carbons (Fsp3) is 0.455. The van der Waals surface area contributed by atoms with E-state index in [2.05, 4.69) is 65.1 Å². The summed E-state index contributed by atoms with van der Waals surface area (Å²) in [6.07, 6.45) is 1.03. The molecule has 6 heteroatoms. The maximum absolute atomic E-state index is 12.3. The van der Waals surface area contributed by atoms with Gasteiger partial charge in [-0.15, -0.1) is 0 Å². The van der Waals surface area contributed by atoms with Gasteiger partial charge in [0.1, 0.15) is 0 Å². The molecule has 1 aliphatic heterocycles. The van der Waals surface area contributed by atoms with Gasteiger partial charge in [-0.2, -0.15) is 12.7 Å². The molecule has 1 heterocycles. The summed E-state index contributed by atoms with van der Waals surface area (Å²) >= 11 is 0. The Morgan fingerprint density at radius 1 is 1.07 bits per heavy atom. The summed E-state index contributed by atoms with van der Waals surface area (Å²) in [5, 5.41) is 0. The second-order valence-corrected chi connectivity index (χ2v) is 9.84. The molecule has 1 N–H and O–H groups in total. The third-order valence-electron chi connectivity index (χ3n) is 5.66. The van der Waals surface area contributed by atoms with Crippen LogP contribution >= 0.6 is 0 Å². The molecule has 0 saturated carbocycles. The molecule has 0 unspecified atom stereocenters. The van der Waals surface area contributed by atoms with Crippen LogP contribution in [-0.4, -0.2) is 51.4 Å². The van der Waals surface area contributed by atoms with Crippen LogP contribution in [0.4, 0.5) is 0 Å². The smallest absolute Gasteiger partial charge is 0.278 e. The molecule has 0 aromatic heterocycles. The average molecular weight is 402 g/mol. The highest BCUT2D eigenvalue weighted by Gasteiger charge is 2.32. The van der Waals surface area contributed by atoms with Crippen LogP contribution in [0, 0.1) is 12.8 Å². The Labute approximate surface area is 169 Å². The van der Waals surface area contributed by atoms with Gasteiger partial charge in [-0.3, -0.25) is 4.90 Å². The van der Waals surface area contributed by atoms with Crippen molar-refractivity contribution in [3.8, 4) is 0 Å².